The second-order valence-electron chi connectivity index (χ2n) is 3.59. The van der Waals surface area contributed by atoms with Crippen LogP contribution in [-0.4, -0.2) is 30.2 Å². The number of esters is 1. The number of rotatable bonds is 6. The molecule has 1 unspecified atom stereocenters. The van der Waals surface area contributed by atoms with Crippen LogP contribution < -0.4 is 0 Å². The van der Waals surface area contributed by atoms with Gasteiger partial charge in [0.05, 0.1) is 25.5 Å². The molecule has 9 heteroatoms. The summed E-state index contributed by atoms with van der Waals surface area (Å²) in [4.78, 5) is 20.2. The Hall–Kier alpha value is -1.85. The van der Waals surface area contributed by atoms with Crippen molar-refractivity contribution in [3.8, 4) is 6.07 Å². The van der Waals surface area contributed by atoms with Crippen molar-refractivity contribution in [2.24, 2.45) is 5.41 Å². The van der Waals surface area contributed by atoms with Gasteiger partial charge in [0.25, 0.3) is 0 Å². The zero-order chi connectivity index (χ0) is 14.4. The van der Waals surface area contributed by atoms with E-state index < -0.39 is 41.9 Å². The molecule has 0 aromatic heterocycles. The Kier molecular flexibility index (Phi) is 5.55. The zero-order valence-corrected chi connectivity index (χ0v) is 9.49. The fourth-order valence-corrected chi connectivity index (χ4v) is 1.35. The molecular formula is C9H11F3N2O4. The van der Waals surface area contributed by atoms with E-state index in [4.69, 9.17) is 5.26 Å². The molecule has 102 valence electrons. The van der Waals surface area contributed by atoms with Gasteiger partial charge in [0, 0.05) is 4.92 Å². The number of hydrogen-bond donors (Lipinski definition) is 0. The molecule has 0 amide bonds. The lowest BCUT2D eigenvalue weighted by Gasteiger charge is -2.28. The Bertz CT molecular complexity index is 364. The molecule has 1 atom stereocenters. The van der Waals surface area contributed by atoms with Gasteiger partial charge in [-0.05, 0) is 6.92 Å². The SMILES string of the molecule is CCOC(=O)CC(CC#N)(C[N+](=O)[O-])C(F)(F)F. The number of hydrogen-bond acceptors (Lipinski definition) is 5. The molecular weight excluding hydrogens is 257 g/mol. The standard InChI is InChI=1S/C9H11F3N2O4/c1-2-18-7(15)5-8(3-4-13,6-14(16)17)9(10,11)12/h2-3,5-6H2,1H3. The van der Waals surface area contributed by atoms with E-state index in [1.165, 1.54) is 13.0 Å². The van der Waals surface area contributed by atoms with Crippen molar-refractivity contribution in [3.63, 3.8) is 0 Å². The monoisotopic (exact) mass is 268 g/mol. The molecule has 0 saturated carbocycles. The summed E-state index contributed by atoms with van der Waals surface area (Å²) >= 11 is 0. The highest BCUT2D eigenvalue weighted by Crippen LogP contribution is 2.44. The fraction of sp³-hybridized carbons (Fsp3) is 0.778. The average molecular weight is 268 g/mol. The summed E-state index contributed by atoms with van der Waals surface area (Å²) < 4.78 is 42.9. The maximum Gasteiger partial charge on any atom is 0.402 e. The van der Waals surface area contributed by atoms with Crippen molar-refractivity contribution < 1.29 is 27.6 Å². The number of nitro groups is 1. The molecule has 0 rings (SSSR count). The lowest BCUT2D eigenvalue weighted by Crippen LogP contribution is -2.45. The summed E-state index contributed by atoms with van der Waals surface area (Å²) in [5.74, 6) is -1.22. The molecule has 6 nitrogen and oxygen atoms in total. The highest BCUT2D eigenvalue weighted by Gasteiger charge is 2.59. The summed E-state index contributed by atoms with van der Waals surface area (Å²) in [7, 11) is 0. The third kappa shape index (κ3) is 4.20. The van der Waals surface area contributed by atoms with Gasteiger partial charge in [-0.15, -0.1) is 0 Å². The molecule has 0 N–H and O–H groups in total. The van der Waals surface area contributed by atoms with E-state index in [1.54, 1.807) is 0 Å². The van der Waals surface area contributed by atoms with Gasteiger partial charge < -0.3 is 4.74 Å². The highest BCUT2D eigenvalue weighted by atomic mass is 19.4. The van der Waals surface area contributed by atoms with Crippen LogP contribution in [0.15, 0.2) is 0 Å². The highest BCUT2D eigenvalue weighted by molar-refractivity contribution is 5.70. The number of halogens is 3. The molecule has 0 heterocycles. The maximum atomic E-state index is 12.9. The molecule has 0 aromatic rings. The first-order chi connectivity index (χ1) is 8.18. The van der Waals surface area contributed by atoms with Gasteiger partial charge >= 0.3 is 12.1 Å². The first kappa shape index (κ1) is 16.1. The van der Waals surface area contributed by atoms with Gasteiger partial charge in [-0.3, -0.25) is 14.9 Å². The summed E-state index contributed by atoms with van der Waals surface area (Å²) in [6, 6.07) is 1.24. The minimum Gasteiger partial charge on any atom is -0.466 e. The van der Waals surface area contributed by atoms with Crippen LogP contribution >= 0.6 is 0 Å². The minimum atomic E-state index is -5.04. The molecule has 0 aliphatic heterocycles. The predicted molar refractivity (Wildman–Crippen MR) is 51.8 cm³/mol. The van der Waals surface area contributed by atoms with Crippen LogP contribution in [0.25, 0.3) is 0 Å². The largest absolute Gasteiger partial charge is 0.466 e. The van der Waals surface area contributed by atoms with Gasteiger partial charge in [0.15, 0.2) is 5.41 Å². The van der Waals surface area contributed by atoms with Crippen molar-refractivity contribution in [3.05, 3.63) is 10.1 Å². The topological polar surface area (TPSA) is 93.2 Å². The lowest BCUT2D eigenvalue weighted by atomic mass is 9.80. The normalized spacial score (nSPS) is 14.4. The Balaban J connectivity index is 5.27. The summed E-state index contributed by atoms with van der Waals surface area (Å²) in [6.45, 7) is -0.286. The Morgan fingerprint density at radius 3 is 2.39 bits per heavy atom. The number of alkyl halides is 3. The third-order valence-electron chi connectivity index (χ3n) is 2.24. The van der Waals surface area contributed by atoms with Gasteiger partial charge in [0.2, 0.25) is 6.54 Å². The van der Waals surface area contributed by atoms with E-state index >= 15 is 0 Å². The Morgan fingerprint density at radius 1 is 1.50 bits per heavy atom. The van der Waals surface area contributed by atoms with E-state index in [-0.39, 0.29) is 6.61 Å². The maximum absolute atomic E-state index is 12.9. The molecule has 18 heavy (non-hydrogen) atoms. The van der Waals surface area contributed by atoms with Gasteiger partial charge in [-0.25, -0.2) is 0 Å². The van der Waals surface area contributed by atoms with Crippen LogP contribution in [0.1, 0.15) is 19.8 Å². The van der Waals surface area contributed by atoms with Gasteiger partial charge in [-0.2, -0.15) is 18.4 Å². The number of ether oxygens (including phenoxy) is 1. The van der Waals surface area contributed by atoms with Crippen LogP contribution in [-0.2, 0) is 9.53 Å². The summed E-state index contributed by atoms with van der Waals surface area (Å²) in [5, 5.41) is 18.7. The van der Waals surface area contributed by atoms with Crippen molar-refractivity contribution in [1.82, 2.24) is 0 Å². The molecule has 0 bridgehead atoms. The third-order valence-corrected chi connectivity index (χ3v) is 2.24. The van der Waals surface area contributed by atoms with E-state index in [0.29, 0.717) is 0 Å². The summed E-state index contributed by atoms with van der Waals surface area (Å²) in [5.41, 5.74) is -3.00. The van der Waals surface area contributed by atoms with Gasteiger partial charge in [-0.1, -0.05) is 0 Å². The fourth-order valence-electron chi connectivity index (χ4n) is 1.35. The van der Waals surface area contributed by atoms with Gasteiger partial charge in [0.1, 0.15) is 0 Å². The van der Waals surface area contributed by atoms with E-state index in [2.05, 4.69) is 4.74 Å². The van der Waals surface area contributed by atoms with Crippen molar-refractivity contribution >= 4 is 5.97 Å². The Labute approximate surface area is 100 Å². The molecule has 0 spiro atoms. The number of nitrogens with zero attached hydrogens (tertiary/aromatic N) is 2. The Morgan fingerprint density at radius 2 is 2.06 bits per heavy atom. The molecule has 0 fully saturated rings. The smallest absolute Gasteiger partial charge is 0.402 e. The number of carbonyl (C=O) groups is 1. The number of carbonyl (C=O) groups excluding carboxylic acids is 1. The van der Waals surface area contributed by atoms with E-state index in [1.807, 2.05) is 0 Å². The van der Waals surface area contributed by atoms with Crippen molar-refractivity contribution in [1.29, 1.82) is 5.26 Å². The van der Waals surface area contributed by atoms with E-state index in [0.717, 1.165) is 0 Å². The molecule has 0 aromatic carbocycles. The first-order valence-corrected chi connectivity index (χ1v) is 4.89. The van der Waals surface area contributed by atoms with Crippen LogP contribution in [0.2, 0.25) is 0 Å². The second-order valence-corrected chi connectivity index (χ2v) is 3.59. The number of nitriles is 1. The molecule has 0 aliphatic rings. The first-order valence-electron chi connectivity index (χ1n) is 4.89. The quantitative estimate of drug-likeness (QED) is 0.415. The second kappa shape index (κ2) is 6.18. The zero-order valence-electron chi connectivity index (χ0n) is 9.49. The van der Waals surface area contributed by atoms with Crippen molar-refractivity contribution in [2.45, 2.75) is 25.9 Å². The molecule has 0 aliphatic carbocycles. The lowest BCUT2D eigenvalue weighted by molar-refractivity contribution is -0.511. The predicted octanol–water partition coefficient (Wildman–Crippen LogP) is 1.68. The molecule has 0 radical (unpaired) electrons. The van der Waals surface area contributed by atoms with Crippen LogP contribution in [0.5, 0.6) is 0 Å². The molecule has 0 saturated heterocycles. The van der Waals surface area contributed by atoms with Crippen LogP contribution in [0.3, 0.4) is 0 Å². The van der Waals surface area contributed by atoms with Crippen LogP contribution in [0.4, 0.5) is 13.2 Å². The summed E-state index contributed by atoms with van der Waals surface area (Å²) in [6.07, 6.45) is -7.45. The van der Waals surface area contributed by atoms with Crippen molar-refractivity contribution in [2.75, 3.05) is 13.2 Å². The minimum absolute atomic E-state index is 0.141. The van der Waals surface area contributed by atoms with Crippen LogP contribution in [0, 0.1) is 26.9 Å². The van der Waals surface area contributed by atoms with E-state index in [9.17, 15) is 28.1 Å². The average Bonchev–Trinajstić information content (AvgIpc) is 2.14.